The highest BCUT2D eigenvalue weighted by Gasteiger charge is 2.55. The predicted molar refractivity (Wildman–Crippen MR) is 80.5 cm³/mol. The number of hydrogen-bond acceptors (Lipinski definition) is 5. The average Bonchev–Trinajstić information content (AvgIpc) is 2.48. The lowest BCUT2D eigenvalue weighted by atomic mass is 9.66. The van der Waals surface area contributed by atoms with E-state index in [4.69, 9.17) is 5.73 Å². The van der Waals surface area contributed by atoms with E-state index in [1.54, 1.807) is 0 Å². The molecular formula is C15H27N3O4. The van der Waals surface area contributed by atoms with Crippen molar-refractivity contribution >= 4 is 11.8 Å². The first-order chi connectivity index (χ1) is 10.3. The molecule has 0 aromatic carbocycles. The van der Waals surface area contributed by atoms with Crippen LogP contribution in [-0.2, 0) is 9.59 Å². The molecule has 1 saturated heterocycles. The molecule has 5 N–H and O–H groups in total. The van der Waals surface area contributed by atoms with Gasteiger partial charge in [0.25, 0.3) is 0 Å². The molecule has 1 heterocycles. The van der Waals surface area contributed by atoms with Crippen LogP contribution >= 0.6 is 0 Å². The third-order valence-electron chi connectivity index (χ3n) is 5.05. The maximum Gasteiger partial charge on any atom is 0.242 e. The van der Waals surface area contributed by atoms with Crippen LogP contribution < -0.4 is 11.1 Å². The Labute approximate surface area is 130 Å². The summed E-state index contributed by atoms with van der Waals surface area (Å²) in [5, 5.41) is 22.3. The zero-order chi connectivity index (χ0) is 16.5. The van der Waals surface area contributed by atoms with Crippen molar-refractivity contribution in [2.75, 3.05) is 13.2 Å². The maximum absolute atomic E-state index is 12.4. The summed E-state index contributed by atoms with van der Waals surface area (Å²) in [6.07, 6.45) is 2.60. The minimum atomic E-state index is -0.906. The van der Waals surface area contributed by atoms with E-state index < -0.39 is 30.2 Å². The second-order valence-electron chi connectivity index (χ2n) is 6.94. The molecule has 7 heteroatoms. The van der Waals surface area contributed by atoms with E-state index in [1.165, 1.54) is 4.90 Å². The third-order valence-corrected chi connectivity index (χ3v) is 5.05. The number of aliphatic hydroxyl groups excluding tert-OH is 2. The SMILES string of the molecule is CC(C)C(O)NC1CCC2(CC1)CN(C(CO)C(N)=O)C2=O. The van der Waals surface area contributed by atoms with Crippen LogP contribution in [0, 0.1) is 11.3 Å². The maximum atomic E-state index is 12.4. The highest BCUT2D eigenvalue weighted by molar-refractivity contribution is 5.94. The molecule has 126 valence electrons. The first-order valence-electron chi connectivity index (χ1n) is 7.96. The standard InChI is InChI=1S/C15H27N3O4/c1-9(2)13(21)17-10-3-5-15(6-4-10)8-18(14(15)22)11(7-19)12(16)20/h9-11,13,17,19,21H,3-8H2,1-2H3,(H2,16,20). The molecule has 2 rings (SSSR count). The van der Waals surface area contributed by atoms with Crippen LogP contribution in [0.25, 0.3) is 0 Å². The number of hydrogen-bond donors (Lipinski definition) is 4. The van der Waals surface area contributed by atoms with Gasteiger partial charge in [-0.25, -0.2) is 0 Å². The summed E-state index contributed by atoms with van der Waals surface area (Å²) in [6.45, 7) is 3.96. The first kappa shape index (κ1) is 17.2. The van der Waals surface area contributed by atoms with Gasteiger partial charge in [0.2, 0.25) is 11.8 Å². The van der Waals surface area contributed by atoms with E-state index in [0.717, 1.165) is 25.7 Å². The molecular weight excluding hydrogens is 286 g/mol. The molecule has 1 spiro atoms. The topological polar surface area (TPSA) is 116 Å². The van der Waals surface area contributed by atoms with Gasteiger partial charge in [-0.05, 0) is 31.6 Å². The van der Waals surface area contributed by atoms with Crippen molar-refractivity contribution in [1.29, 1.82) is 0 Å². The molecule has 1 saturated carbocycles. The van der Waals surface area contributed by atoms with Crippen molar-refractivity contribution in [3.8, 4) is 0 Å². The van der Waals surface area contributed by atoms with Crippen LogP contribution in [0.1, 0.15) is 39.5 Å². The van der Waals surface area contributed by atoms with Gasteiger partial charge in [-0.2, -0.15) is 0 Å². The summed E-state index contributed by atoms with van der Waals surface area (Å²) in [7, 11) is 0. The van der Waals surface area contributed by atoms with E-state index in [9.17, 15) is 19.8 Å². The molecule has 0 bridgehead atoms. The highest BCUT2D eigenvalue weighted by Crippen LogP contribution is 2.45. The lowest BCUT2D eigenvalue weighted by molar-refractivity contribution is -0.172. The summed E-state index contributed by atoms with van der Waals surface area (Å²) >= 11 is 0. The Balaban J connectivity index is 1.87. The quantitative estimate of drug-likeness (QED) is 0.377. The fraction of sp³-hybridized carbons (Fsp3) is 0.867. The number of carbonyl (C=O) groups is 2. The van der Waals surface area contributed by atoms with Gasteiger partial charge in [0.05, 0.1) is 12.0 Å². The number of nitrogens with two attached hydrogens (primary N) is 1. The van der Waals surface area contributed by atoms with Crippen LogP contribution in [0.3, 0.4) is 0 Å². The Bertz CT molecular complexity index is 433. The number of β-lactam (4-membered cyclic amide) rings is 1. The summed E-state index contributed by atoms with van der Waals surface area (Å²) in [5.41, 5.74) is 4.81. The number of nitrogens with one attached hydrogen (secondary N) is 1. The minimum Gasteiger partial charge on any atom is -0.394 e. The summed E-state index contributed by atoms with van der Waals surface area (Å²) in [6, 6.07) is -0.689. The molecule has 2 fully saturated rings. The number of amides is 2. The van der Waals surface area contributed by atoms with Crippen LogP contribution in [0.5, 0.6) is 0 Å². The number of aliphatic hydroxyl groups is 2. The molecule has 2 amide bonds. The summed E-state index contributed by atoms with van der Waals surface area (Å²) in [5.74, 6) is -0.591. The fourth-order valence-electron chi connectivity index (χ4n) is 3.42. The van der Waals surface area contributed by atoms with Gasteiger partial charge in [0, 0.05) is 12.6 Å². The van der Waals surface area contributed by atoms with Gasteiger partial charge in [-0.15, -0.1) is 0 Å². The van der Waals surface area contributed by atoms with E-state index in [2.05, 4.69) is 5.32 Å². The molecule has 1 aliphatic heterocycles. The zero-order valence-corrected chi connectivity index (χ0v) is 13.3. The van der Waals surface area contributed by atoms with Gasteiger partial charge in [-0.3, -0.25) is 14.9 Å². The van der Waals surface area contributed by atoms with Crippen LogP contribution in [0.2, 0.25) is 0 Å². The first-order valence-corrected chi connectivity index (χ1v) is 7.96. The number of rotatable bonds is 6. The van der Waals surface area contributed by atoms with E-state index in [-0.39, 0.29) is 17.9 Å². The molecule has 22 heavy (non-hydrogen) atoms. The normalized spacial score (nSPS) is 31.2. The molecule has 2 atom stereocenters. The zero-order valence-electron chi connectivity index (χ0n) is 13.3. The second-order valence-corrected chi connectivity index (χ2v) is 6.94. The van der Waals surface area contributed by atoms with Crippen molar-refractivity contribution < 1.29 is 19.8 Å². The van der Waals surface area contributed by atoms with Gasteiger partial charge in [-0.1, -0.05) is 13.8 Å². The summed E-state index contributed by atoms with van der Waals surface area (Å²) < 4.78 is 0. The molecule has 0 radical (unpaired) electrons. The van der Waals surface area contributed by atoms with Crippen molar-refractivity contribution in [2.45, 2.75) is 57.8 Å². The fourth-order valence-corrected chi connectivity index (χ4v) is 3.42. The Kier molecular flexibility index (Phi) is 5.09. The molecule has 2 unspecified atom stereocenters. The third kappa shape index (κ3) is 3.11. The Morgan fingerprint density at radius 2 is 2.05 bits per heavy atom. The van der Waals surface area contributed by atoms with E-state index in [0.29, 0.717) is 6.54 Å². The van der Waals surface area contributed by atoms with Crippen LogP contribution in [-0.4, -0.2) is 58.4 Å². The van der Waals surface area contributed by atoms with Crippen molar-refractivity contribution in [2.24, 2.45) is 17.1 Å². The van der Waals surface area contributed by atoms with E-state index in [1.807, 2.05) is 13.8 Å². The number of carbonyl (C=O) groups excluding carboxylic acids is 2. The molecule has 2 aliphatic rings. The molecule has 1 aliphatic carbocycles. The van der Waals surface area contributed by atoms with Crippen molar-refractivity contribution in [3.05, 3.63) is 0 Å². The van der Waals surface area contributed by atoms with Crippen molar-refractivity contribution in [1.82, 2.24) is 10.2 Å². The van der Waals surface area contributed by atoms with Gasteiger partial charge >= 0.3 is 0 Å². The van der Waals surface area contributed by atoms with Gasteiger partial charge in [0.15, 0.2) is 0 Å². The van der Waals surface area contributed by atoms with Crippen LogP contribution in [0.4, 0.5) is 0 Å². The summed E-state index contributed by atoms with van der Waals surface area (Å²) in [4.78, 5) is 25.1. The monoisotopic (exact) mass is 313 g/mol. The molecule has 0 aromatic heterocycles. The predicted octanol–water partition coefficient (Wildman–Crippen LogP) is -0.832. The molecule has 7 nitrogen and oxygen atoms in total. The Hall–Kier alpha value is -1.18. The van der Waals surface area contributed by atoms with Crippen molar-refractivity contribution in [3.63, 3.8) is 0 Å². The van der Waals surface area contributed by atoms with Gasteiger partial charge in [0.1, 0.15) is 12.3 Å². The highest BCUT2D eigenvalue weighted by atomic mass is 16.3. The number of likely N-dealkylation sites (tertiary alicyclic amines) is 1. The lowest BCUT2D eigenvalue weighted by Gasteiger charge is -2.53. The minimum absolute atomic E-state index is 0.0757. The van der Waals surface area contributed by atoms with Gasteiger partial charge < -0.3 is 20.8 Å². The molecule has 0 aromatic rings. The Morgan fingerprint density at radius 1 is 1.45 bits per heavy atom. The second kappa shape index (κ2) is 6.52. The van der Waals surface area contributed by atoms with E-state index >= 15 is 0 Å². The largest absolute Gasteiger partial charge is 0.394 e. The average molecular weight is 313 g/mol. The van der Waals surface area contributed by atoms with Crippen LogP contribution in [0.15, 0.2) is 0 Å². The number of nitrogens with zero attached hydrogens (tertiary/aromatic N) is 1. The Morgan fingerprint density at radius 3 is 2.45 bits per heavy atom. The lowest BCUT2D eigenvalue weighted by Crippen LogP contribution is -2.68. The number of primary amides is 1. The smallest absolute Gasteiger partial charge is 0.242 e.